The first kappa shape index (κ1) is 26.2. The molecule has 10 heteroatoms. The summed E-state index contributed by atoms with van der Waals surface area (Å²) in [7, 11) is 0. The van der Waals surface area contributed by atoms with Crippen molar-refractivity contribution in [1.29, 1.82) is 0 Å². The molecule has 1 atom stereocenters. The first-order valence-electron chi connectivity index (χ1n) is 13.5. The highest BCUT2D eigenvalue weighted by Crippen LogP contribution is 2.53. The Morgan fingerprint density at radius 3 is 2.39 bits per heavy atom. The van der Waals surface area contributed by atoms with Gasteiger partial charge in [0.05, 0.1) is 11.1 Å². The molecule has 1 aromatic carbocycles. The molecule has 1 spiro atoms. The highest BCUT2D eigenvalue weighted by atomic mass is 16.4. The average Bonchev–Trinajstić information content (AvgIpc) is 3.07. The van der Waals surface area contributed by atoms with Crippen molar-refractivity contribution >= 4 is 35.4 Å². The van der Waals surface area contributed by atoms with Gasteiger partial charge in [-0.1, -0.05) is 26.8 Å². The maximum Gasteiger partial charge on any atom is 0.407 e. The van der Waals surface area contributed by atoms with E-state index in [0.717, 1.165) is 43.4 Å². The van der Waals surface area contributed by atoms with Gasteiger partial charge in [-0.3, -0.25) is 29.4 Å². The normalized spacial score (nSPS) is 29.1. The van der Waals surface area contributed by atoms with Crippen LogP contribution in [0.25, 0.3) is 0 Å². The summed E-state index contributed by atoms with van der Waals surface area (Å²) in [6.07, 6.45) is 4.85. The first-order chi connectivity index (χ1) is 17.9. The Morgan fingerprint density at radius 2 is 1.79 bits per heavy atom. The molecular formula is C28H36N4O6. The largest absolute Gasteiger partial charge is 0.465 e. The zero-order valence-corrected chi connectivity index (χ0v) is 22.2. The Hall–Kier alpha value is -3.43. The zero-order valence-electron chi connectivity index (χ0n) is 22.2. The molecule has 3 fully saturated rings. The highest BCUT2D eigenvalue weighted by Gasteiger charge is 2.49. The minimum Gasteiger partial charge on any atom is -0.465 e. The highest BCUT2D eigenvalue weighted by molar-refractivity contribution is 6.25. The summed E-state index contributed by atoms with van der Waals surface area (Å²) in [5, 5.41) is 15.5. The lowest BCUT2D eigenvalue weighted by molar-refractivity contribution is -0.136. The molecule has 2 heterocycles. The fourth-order valence-electron chi connectivity index (χ4n) is 6.74. The van der Waals surface area contributed by atoms with Crippen LogP contribution in [0.1, 0.15) is 92.9 Å². The predicted molar refractivity (Wildman–Crippen MR) is 139 cm³/mol. The van der Waals surface area contributed by atoms with Gasteiger partial charge in [-0.25, -0.2) is 4.79 Å². The van der Waals surface area contributed by atoms with Crippen molar-refractivity contribution in [3.8, 4) is 0 Å². The molecule has 38 heavy (non-hydrogen) atoms. The second-order valence-electron chi connectivity index (χ2n) is 12.6. The van der Waals surface area contributed by atoms with E-state index < -0.39 is 35.8 Å². The Balaban J connectivity index is 1.22. The summed E-state index contributed by atoms with van der Waals surface area (Å²) in [6, 6.07) is 4.33. The number of carbonyl (C=O) groups is 5. The predicted octanol–water partition coefficient (Wildman–Crippen LogP) is 3.62. The van der Waals surface area contributed by atoms with Crippen LogP contribution in [0, 0.1) is 10.8 Å². The van der Waals surface area contributed by atoms with Crippen LogP contribution in [0.2, 0.25) is 0 Å². The lowest BCUT2D eigenvalue weighted by Crippen LogP contribution is -2.54. The van der Waals surface area contributed by atoms with Crippen molar-refractivity contribution in [3.63, 3.8) is 0 Å². The summed E-state index contributed by atoms with van der Waals surface area (Å²) < 4.78 is 0. The summed E-state index contributed by atoms with van der Waals surface area (Å²) in [4.78, 5) is 64.8. The van der Waals surface area contributed by atoms with E-state index in [4.69, 9.17) is 0 Å². The molecule has 1 aromatic rings. The quantitative estimate of drug-likeness (QED) is 0.501. The van der Waals surface area contributed by atoms with Crippen molar-refractivity contribution in [2.45, 2.75) is 90.3 Å². The van der Waals surface area contributed by atoms with Gasteiger partial charge in [0.2, 0.25) is 11.8 Å². The van der Waals surface area contributed by atoms with Gasteiger partial charge in [-0.2, -0.15) is 0 Å². The molecule has 0 radical (unpaired) electrons. The lowest BCUT2D eigenvalue weighted by Gasteiger charge is -2.53. The summed E-state index contributed by atoms with van der Waals surface area (Å²) >= 11 is 0. The van der Waals surface area contributed by atoms with E-state index in [1.807, 2.05) is 0 Å². The summed E-state index contributed by atoms with van der Waals surface area (Å²) in [5.41, 5.74) is 1.22. The summed E-state index contributed by atoms with van der Waals surface area (Å²) in [5.74, 6) is -2.04. The van der Waals surface area contributed by atoms with Crippen molar-refractivity contribution in [3.05, 3.63) is 29.3 Å². The van der Waals surface area contributed by atoms with E-state index in [2.05, 4.69) is 31.4 Å². The number of piperidine rings is 1. The molecule has 5 amide bonds. The minimum atomic E-state index is -0.987. The molecule has 2 aliphatic carbocycles. The number of rotatable bonds is 5. The number of imide groups is 2. The maximum absolute atomic E-state index is 13.3. The molecule has 5 rings (SSSR count). The van der Waals surface area contributed by atoms with Gasteiger partial charge in [0, 0.05) is 30.7 Å². The molecule has 204 valence electrons. The van der Waals surface area contributed by atoms with Crippen LogP contribution in [0.4, 0.5) is 10.5 Å². The van der Waals surface area contributed by atoms with Crippen molar-refractivity contribution in [2.24, 2.45) is 10.8 Å². The van der Waals surface area contributed by atoms with Crippen LogP contribution in [0.3, 0.4) is 0 Å². The molecule has 0 bridgehead atoms. The number of nitrogens with zero attached hydrogens (tertiary/aromatic N) is 2. The fourth-order valence-corrected chi connectivity index (χ4v) is 6.74. The van der Waals surface area contributed by atoms with Gasteiger partial charge >= 0.3 is 6.09 Å². The molecule has 0 aromatic heterocycles. The summed E-state index contributed by atoms with van der Waals surface area (Å²) in [6.45, 7) is 6.68. The number of hydrogen-bond acceptors (Lipinski definition) is 6. The van der Waals surface area contributed by atoms with Crippen LogP contribution in [-0.2, 0) is 9.59 Å². The van der Waals surface area contributed by atoms with Crippen molar-refractivity contribution in [1.82, 2.24) is 15.1 Å². The average molecular weight is 525 g/mol. The molecule has 2 aliphatic heterocycles. The number of anilines is 1. The van der Waals surface area contributed by atoms with E-state index in [-0.39, 0.29) is 46.9 Å². The Labute approximate surface area is 222 Å². The number of amides is 5. The number of nitrogens with one attached hydrogen (secondary N) is 2. The van der Waals surface area contributed by atoms with Gasteiger partial charge in [0.1, 0.15) is 6.04 Å². The number of fused-ring (bicyclic) bond motifs is 1. The minimum absolute atomic E-state index is 0.0450. The number of benzene rings is 1. The fraction of sp³-hybridized carbons (Fsp3) is 0.607. The van der Waals surface area contributed by atoms with Gasteiger partial charge in [-0.05, 0) is 67.9 Å². The van der Waals surface area contributed by atoms with Crippen molar-refractivity contribution in [2.75, 3.05) is 11.9 Å². The van der Waals surface area contributed by atoms with E-state index in [1.165, 1.54) is 0 Å². The third-order valence-electron chi connectivity index (χ3n) is 8.53. The van der Waals surface area contributed by atoms with Crippen LogP contribution >= 0.6 is 0 Å². The molecule has 3 N–H and O–H groups in total. The Kier molecular flexibility index (Phi) is 6.47. The smallest absolute Gasteiger partial charge is 0.407 e. The van der Waals surface area contributed by atoms with Crippen LogP contribution in [0.15, 0.2) is 18.2 Å². The topological polar surface area (TPSA) is 136 Å². The van der Waals surface area contributed by atoms with Gasteiger partial charge in [-0.15, -0.1) is 0 Å². The number of carbonyl (C=O) groups excluding carboxylic acids is 4. The molecule has 2 saturated carbocycles. The van der Waals surface area contributed by atoms with Crippen LogP contribution < -0.4 is 10.6 Å². The second kappa shape index (κ2) is 9.39. The van der Waals surface area contributed by atoms with E-state index in [1.54, 1.807) is 23.1 Å². The third-order valence-corrected chi connectivity index (χ3v) is 8.53. The lowest BCUT2D eigenvalue weighted by atomic mass is 9.57. The van der Waals surface area contributed by atoms with Crippen LogP contribution in [0.5, 0.6) is 0 Å². The van der Waals surface area contributed by atoms with E-state index in [9.17, 15) is 29.1 Å². The molecular weight excluding hydrogens is 488 g/mol. The number of carboxylic acid groups (broad SMARTS) is 1. The number of hydrogen-bond donors (Lipinski definition) is 3. The maximum atomic E-state index is 13.3. The monoisotopic (exact) mass is 524 g/mol. The standard InChI is InChI=1S/C28H36N4O6/c1-27(2,3)15-31(26(37)38)17-9-11-28(12-10-17)13-16(14-28)29-19-6-4-5-18-22(19)25(36)32(24(18)35)20-7-8-21(33)30-23(20)34/h4-6,16-17,20,29H,7-15H2,1-3H3,(H,37,38)(H,30,33,34). The van der Waals surface area contributed by atoms with Gasteiger partial charge < -0.3 is 15.3 Å². The van der Waals surface area contributed by atoms with Crippen LogP contribution in [-0.4, -0.2) is 69.3 Å². The van der Waals surface area contributed by atoms with Gasteiger partial charge in [0.25, 0.3) is 11.8 Å². The molecule has 1 unspecified atom stereocenters. The van der Waals surface area contributed by atoms with Gasteiger partial charge in [0.15, 0.2) is 0 Å². The van der Waals surface area contributed by atoms with E-state index >= 15 is 0 Å². The third kappa shape index (κ3) is 4.76. The Morgan fingerprint density at radius 1 is 1.11 bits per heavy atom. The molecule has 1 saturated heterocycles. The SMILES string of the molecule is CC(C)(C)CN(C(=O)O)C1CCC2(CC1)CC(Nc1cccc3c1C(=O)N(C1CCC(=O)NC1=O)C3=O)C2. The molecule has 4 aliphatic rings. The van der Waals surface area contributed by atoms with E-state index in [0.29, 0.717) is 12.2 Å². The van der Waals surface area contributed by atoms with Crippen molar-refractivity contribution < 1.29 is 29.1 Å². The first-order valence-corrected chi connectivity index (χ1v) is 13.5. The molecule has 10 nitrogen and oxygen atoms in total. The second-order valence-corrected chi connectivity index (χ2v) is 12.6. The Bertz CT molecular complexity index is 1190. The zero-order chi connectivity index (χ0) is 27.4.